The first-order valence-electron chi connectivity index (χ1n) is 9.59. The highest BCUT2D eigenvalue weighted by molar-refractivity contribution is 9.10. The van der Waals surface area contributed by atoms with E-state index in [1.165, 1.54) is 6.07 Å². The molecular formula is C20H24BrN3O4S2. The molecule has 0 aliphatic carbocycles. The minimum absolute atomic E-state index is 0.0698. The Kier molecular flexibility index (Phi) is 7.93. The van der Waals surface area contributed by atoms with Crippen LogP contribution in [0.25, 0.3) is 0 Å². The van der Waals surface area contributed by atoms with Crippen LogP contribution in [0.2, 0.25) is 0 Å². The zero-order valence-electron chi connectivity index (χ0n) is 16.5. The van der Waals surface area contributed by atoms with Crippen LogP contribution in [-0.4, -0.2) is 39.4 Å². The highest BCUT2D eigenvalue weighted by atomic mass is 79.9. The number of rotatable bonds is 8. The molecule has 2 aromatic carbocycles. The van der Waals surface area contributed by atoms with E-state index in [9.17, 15) is 8.42 Å². The number of hydrogen-bond acceptors (Lipinski definition) is 5. The van der Waals surface area contributed by atoms with E-state index in [0.717, 1.165) is 25.1 Å². The van der Waals surface area contributed by atoms with Crippen molar-refractivity contribution in [3.05, 3.63) is 46.9 Å². The van der Waals surface area contributed by atoms with Gasteiger partial charge in [0.05, 0.1) is 12.7 Å². The van der Waals surface area contributed by atoms with Crippen molar-refractivity contribution in [2.24, 2.45) is 0 Å². The van der Waals surface area contributed by atoms with Gasteiger partial charge in [-0.1, -0.05) is 15.9 Å². The Balaban J connectivity index is 1.62. The van der Waals surface area contributed by atoms with E-state index in [-0.39, 0.29) is 11.0 Å². The fourth-order valence-electron chi connectivity index (χ4n) is 2.99. The van der Waals surface area contributed by atoms with E-state index in [1.54, 1.807) is 43.3 Å². The number of ether oxygens (including phenoxy) is 2. The van der Waals surface area contributed by atoms with Crippen molar-refractivity contribution in [1.29, 1.82) is 0 Å². The summed E-state index contributed by atoms with van der Waals surface area (Å²) in [4.78, 5) is 0.0698. The number of sulfonamides is 1. The molecule has 0 spiro atoms. The maximum Gasteiger partial charge on any atom is 0.265 e. The molecule has 1 saturated heterocycles. The van der Waals surface area contributed by atoms with Gasteiger partial charge < -0.3 is 20.1 Å². The third-order valence-corrected chi connectivity index (χ3v) is 6.55. The van der Waals surface area contributed by atoms with E-state index >= 15 is 0 Å². The summed E-state index contributed by atoms with van der Waals surface area (Å²) in [6, 6.07) is 11.7. The Hall–Kier alpha value is -1.88. The molecule has 1 atom stereocenters. The van der Waals surface area contributed by atoms with Gasteiger partial charge in [-0.3, -0.25) is 4.72 Å². The van der Waals surface area contributed by atoms with Crippen LogP contribution in [0, 0.1) is 0 Å². The van der Waals surface area contributed by atoms with E-state index in [1.807, 2.05) is 0 Å². The van der Waals surface area contributed by atoms with Gasteiger partial charge in [-0.2, -0.15) is 0 Å². The standard InChI is InChI=1S/C20H24BrN3O4S2/c1-2-27-18-10-5-14(21)12-19(18)30(25,26)24-16-8-6-15(7-9-16)23-20(29)22-13-17-4-3-11-28-17/h5-10,12,17,24H,2-4,11,13H2,1H3,(H2,22,23,29)/t17-/m0/s1. The molecular weight excluding hydrogens is 490 g/mol. The molecule has 0 unspecified atom stereocenters. The van der Waals surface area contributed by atoms with Crippen LogP contribution in [0.15, 0.2) is 51.8 Å². The van der Waals surface area contributed by atoms with Gasteiger partial charge in [0, 0.05) is 29.0 Å². The summed E-state index contributed by atoms with van der Waals surface area (Å²) >= 11 is 8.61. The van der Waals surface area contributed by atoms with Gasteiger partial charge in [-0.15, -0.1) is 0 Å². The summed E-state index contributed by atoms with van der Waals surface area (Å²) < 4.78 is 40.0. The average Bonchev–Trinajstić information content (AvgIpc) is 3.23. The van der Waals surface area contributed by atoms with E-state index in [0.29, 0.717) is 34.2 Å². The molecule has 0 radical (unpaired) electrons. The lowest BCUT2D eigenvalue weighted by atomic mass is 10.2. The van der Waals surface area contributed by atoms with Crippen LogP contribution < -0.4 is 20.1 Å². The normalized spacial score (nSPS) is 16.1. The smallest absolute Gasteiger partial charge is 0.265 e. The third kappa shape index (κ3) is 6.31. The average molecular weight is 514 g/mol. The number of thiocarbonyl (C=S) groups is 1. The fraction of sp³-hybridized carbons (Fsp3) is 0.350. The second-order valence-corrected chi connectivity index (χ2v) is 9.65. The molecule has 2 aromatic rings. The van der Waals surface area contributed by atoms with Crippen molar-refractivity contribution in [3.8, 4) is 5.75 Å². The summed E-state index contributed by atoms with van der Waals surface area (Å²) in [6.45, 7) is 3.64. The first kappa shape index (κ1) is 22.8. The van der Waals surface area contributed by atoms with Crippen LogP contribution in [0.4, 0.5) is 11.4 Å². The first-order chi connectivity index (χ1) is 14.4. The van der Waals surface area contributed by atoms with Crippen LogP contribution in [0.3, 0.4) is 0 Å². The number of nitrogens with one attached hydrogen (secondary N) is 3. The maximum absolute atomic E-state index is 12.9. The predicted octanol–water partition coefficient (Wildman–Crippen LogP) is 4.11. The van der Waals surface area contributed by atoms with Crippen LogP contribution in [0.1, 0.15) is 19.8 Å². The zero-order chi connectivity index (χ0) is 21.6. The van der Waals surface area contributed by atoms with Gasteiger partial charge in [-0.25, -0.2) is 8.42 Å². The summed E-state index contributed by atoms with van der Waals surface area (Å²) in [6.07, 6.45) is 2.31. The van der Waals surface area contributed by atoms with E-state index < -0.39 is 10.0 Å². The highest BCUT2D eigenvalue weighted by Gasteiger charge is 2.20. The molecule has 0 aromatic heterocycles. The molecule has 3 N–H and O–H groups in total. The molecule has 0 bridgehead atoms. The number of anilines is 2. The molecule has 162 valence electrons. The molecule has 0 amide bonds. The minimum atomic E-state index is -3.82. The summed E-state index contributed by atoms with van der Waals surface area (Å²) in [7, 11) is -3.82. The largest absolute Gasteiger partial charge is 0.492 e. The molecule has 7 nitrogen and oxygen atoms in total. The predicted molar refractivity (Wildman–Crippen MR) is 126 cm³/mol. The van der Waals surface area contributed by atoms with Crippen molar-refractivity contribution in [2.45, 2.75) is 30.8 Å². The van der Waals surface area contributed by atoms with Gasteiger partial charge in [-0.05, 0) is 74.4 Å². The van der Waals surface area contributed by atoms with Crippen molar-refractivity contribution >= 4 is 54.7 Å². The summed E-state index contributed by atoms with van der Waals surface area (Å²) in [5, 5.41) is 6.71. The molecule has 1 aliphatic heterocycles. The van der Waals surface area contributed by atoms with Crippen molar-refractivity contribution < 1.29 is 17.9 Å². The van der Waals surface area contributed by atoms with Crippen molar-refractivity contribution in [2.75, 3.05) is 29.8 Å². The fourth-order valence-corrected chi connectivity index (χ4v) is 4.93. The Labute approximate surface area is 190 Å². The Bertz CT molecular complexity index is 978. The van der Waals surface area contributed by atoms with Gasteiger partial charge in [0.25, 0.3) is 10.0 Å². The minimum Gasteiger partial charge on any atom is -0.492 e. The number of hydrogen-bond donors (Lipinski definition) is 3. The Morgan fingerprint density at radius 2 is 1.97 bits per heavy atom. The lowest BCUT2D eigenvalue weighted by molar-refractivity contribution is 0.114. The second kappa shape index (κ2) is 10.4. The van der Waals surface area contributed by atoms with Gasteiger partial charge in [0.15, 0.2) is 5.11 Å². The molecule has 3 rings (SSSR count). The maximum atomic E-state index is 12.9. The van der Waals surface area contributed by atoms with Crippen LogP contribution in [-0.2, 0) is 14.8 Å². The second-order valence-electron chi connectivity index (χ2n) is 6.68. The molecule has 10 heteroatoms. The molecule has 1 fully saturated rings. The lowest BCUT2D eigenvalue weighted by Gasteiger charge is -2.15. The topological polar surface area (TPSA) is 88.7 Å². The SMILES string of the molecule is CCOc1ccc(Br)cc1S(=O)(=O)Nc1ccc(NC(=S)NC[C@@H]2CCCO2)cc1. The monoisotopic (exact) mass is 513 g/mol. The molecule has 0 saturated carbocycles. The zero-order valence-corrected chi connectivity index (χ0v) is 19.7. The molecule has 30 heavy (non-hydrogen) atoms. The Morgan fingerprint density at radius 3 is 2.63 bits per heavy atom. The van der Waals surface area contributed by atoms with Crippen molar-refractivity contribution in [1.82, 2.24) is 5.32 Å². The van der Waals surface area contributed by atoms with Gasteiger partial charge in [0.2, 0.25) is 0 Å². The first-order valence-corrected chi connectivity index (χ1v) is 12.3. The summed E-state index contributed by atoms with van der Waals surface area (Å²) in [5.41, 5.74) is 1.18. The molecule has 1 heterocycles. The highest BCUT2D eigenvalue weighted by Crippen LogP contribution is 2.29. The summed E-state index contributed by atoms with van der Waals surface area (Å²) in [5.74, 6) is 0.300. The molecule has 1 aliphatic rings. The number of halogens is 1. The third-order valence-electron chi connectivity index (χ3n) is 4.40. The Morgan fingerprint density at radius 1 is 1.23 bits per heavy atom. The van der Waals surface area contributed by atoms with E-state index in [2.05, 4.69) is 31.3 Å². The van der Waals surface area contributed by atoms with E-state index in [4.69, 9.17) is 21.7 Å². The quantitative estimate of drug-likeness (QED) is 0.457. The van der Waals surface area contributed by atoms with Crippen LogP contribution in [0.5, 0.6) is 5.75 Å². The van der Waals surface area contributed by atoms with Gasteiger partial charge >= 0.3 is 0 Å². The lowest BCUT2D eigenvalue weighted by Crippen LogP contribution is -2.34. The van der Waals surface area contributed by atoms with Crippen molar-refractivity contribution in [3.63, 3.8) is 0 Å². The van der Waals surface area contributed by atoms with Crippen LogP contribution >= 0.6 is 28.1 Å². The van der Waals surface area contributed by atoms with Gasteiger partial charge in [0.1, 0.15) is 10.6 Å². The number of benzene rings is 2.